The van der Waals surface area contributed by atoms with Gasteiger partial charge in [-0.05, 0) is 49.4 Å². The Morgan fingerprint density at radius 3 is 2.77 bits per heavy atom. The average Bonchev–Trinajstić information content (AvgIpc) is 3.46. The van der Waals surface area contributed by atoms with Crippen LogP contribution in [0.25, 0.3) is 11.3 Å². The number of hydrogen-bond donors (Lipinski definition) is 1. The molecule has 0 spiro atoms. The molecular formula is C23H23ClN4O3. The van der Waals surface area contributed by atoms with Gasteiger partial charge in [0.2, 0.25) is 5.91 Å². The van der Waals surface area contributed by atoms with Crippen molar-refractivity contribution in [3.8, 4) is 11.3 Å². The summed E-state index contributed by atoms with van der Waals surface area (Å²) in [5, 5.41) is 5.51. The fourth-order valence-electron chi connectivity index (χ4n) is 4.66. The molecule has 5 rings (SSSR count). The van der Waals surface area contributed by atoms with E-state index in [0.29, 0.717) is 36.7 Å². The largest absolute Gasteiger partial charge is 0.455 e. The van der Waals surface area contributed by atoms with Gasteiger partial charge in [0.05, 0.1) is 12.2 Å². The molecule has 1 aliphatic heterocycles. The van der Waals surface area contributed by atoms with Gasteiger partial charge in [-0.2, -0.15) is 5.10 Å². The summed E-state index contributed by atoms with van der Waals surface area (Å²) in [6.07, 6.45) is 4.93. The summed E-state index contributed by atoms with van der Waals surface area (Å²) in [6, 6.07) is 7.14. The molecule has 1 atom stereocenters. The standard InChI is InChI=1S/C23H23ClN4O3/c1-13-19-18(31-21(13)23(30)28-10-2-3-17(28)22(25)29)9-6-15-12-27(26-20(15)19)11-14-4-7-16(24)8-5-14/h4-5,7-8,12,17H,2-3,6,9-11H2,1H3,(H2,25,29)/t17-/m1/s1. The van der Waals surface area contributed by atoms with Gasteiger partial charge >= 0.3 is 0 Å². The minimum absolute atomic E-state index is 0.268. The molecule has 2 aliphatic rings. The van der Waals surface area contributed by atoms with Crippen molar-refractivity contribution in [2.75, 3.05) is 6.54 Å². The highest BCUT2D eigenvalue weighted by molar-refractivity contribution is 6.30. The zero-order chi connectivity index (χ0) is 21.7. The Morgan fingerprint density at radius 1 is 1.26 bits per heavy atom. The van der Waals surface area contributed by atoms with Gasteiger partial charge in [-0.25, -0.2) is 0 Å². The molecule has 1 saturated heterocycles. The van der Waals surface area contributed by atoms with Crippen LogP contribution in [0.2, 0.25) is 5.02 Å². The lowest BCUT2D eigenvalue weighted by atomic mass is 9.93. The van der Waals surface area contributed by atoms with E-state index in [1.54, 1.807) is 4.90 Å². The molecule has 2 amide bonds. The van der Waals surface area contributed by atoms with Gasteiger partial charge in [0, 0.05) is 35.3 Å². The highest BCUT2D eigenvalue weighted by Crippen LogP contribution is 2.39. The first-order chi connectivity index (χ1) is 14.9. The molecule has 2 aromatic heterocycles. The van der Waals surface area contributed by atoms with Gasteiger partial charge in [-0.15, -0.1) is 0 Å². The van der Waals surface area contributed by atoms with Crippen LogP contribution in [0, 0.1) is 6.92 Å². The maximum absolute atomic E-state index is 13.2. The fraction of sp³-hybridized carbons (Fsp3) is 0.348. The Balaban J connectivity index is 1.46. The number of aromatic nitrogens is 2. The quantitative estimate of drug-likeness (QED) is 0.675. The number of rotatable bonds is 4. The highest BCUT2D eigenvalue weighted by Gasteiger charge is 2.37. The van der Waals surface area contributed by atoms with Gasteiger partial charge in [0.15, 0.2) is 5.76 Å². The number of halogens is 1. The second-order valence-electron chi connectivity index (χ2n) is 8.24. The fourth-order valence-corrected chi connectivity index (χ4v) is 4.79. The van der Waals surface area contributed by atoms with Crippen molar-refractivity contribution < 1.29 is 14.0 Å². The molecule has 1 aromatic carbocycles. The lowest BCUT2D eigenvalue weighted by molar-refractivity contribution is -0.121. The SMILES string of the molecule is Cc1c(C(=O)N2CCC[C@@H]2C(N)=O)oc2c1-c1nn(Cc3ccc(Cl)cc3)cc1CC2. The van der Waals surface area contributed by atoms with Gasteiger partial charge < -0.3 is 15.1 Å². The number of fused-ring (bicyclic) bond motifs is 3. The summed E-state index contributed by atoms with van der Waals surface area (Å²) in [6.45, 7) is 3.03. The van der Waals surface area contributed by atoms with E-state index in [1.807, 2.05) is 35.9 Å². The number of carbonyl (C=O) groups excluding carboxylic acids is 2. The van der Waals surface area contributed by atoms with E-state index in [1.165, 1.54) is 0 Å². The summed E-state index contributed by atoms with van der Waals surface area (Å²) in [4.78, 5) is 26.5. The molecule has 1 aliphatic carbocycles. The van der Waals surface area contributed by atoms with Gasteiger partial charge in [0.25, 0.3) is 5.91 Å². The molecule has 3 aromatic rings. The minimum atomic E-state index is -0.567. The number of likely N-dealkylation sites (tertiary alicyclic amines) is 1. The third-order valence-corrected chi connectivity index (χ3v) is 6.46. The molecule has 0 saturated carbocycles. The molecule has 8 heteroatoms. The Bertz CT molecular complexity index is 1180. The Hall–Kier alpha value is -3.06. The van der Waals surface area contributed by atoms with E-state index in [4.69, 9.17) is 26.9 Å². The molecule has 3 heterocycles. The van der Waals surface area contributed by atoms with Crippen LogP contribution in [0.4, 0.5) is 0 Å². The number of hydrogen-bond acceptors (Lipinski definition) is 4. The van der Waals surface area contributed by atoms with Crippen molar-refractivity contribution in [2.45, 2.75) is 45.2 Å². The normalized spacial score (nSPS) is 17.5. The number of aryl methyl sites for hydroxylation is 2. The monoisotopic (exact) mass is 438 g/mol. The first-order valence-corrected chi connectivity index (χ1v) is 10.8. The summed E-state index contributed by atoms with van der Waals surface area (Å²) in [5.41, 5.74) is 10.3. The van der Waals surface area contributed by atoms with Gasteiger partial charge in [-0.3, -0.25) is 14.3 Å². The van der Waals surface area contributed by atoms with Crippen molar-refractivity contribution >= 4 is 23.4 Å². The Morgan fingerprint density at radius 2 is 2.03 bits per heavy atom. The maximum atomic E-state index is 13.2. The predicted molar refractivity (Wildman–Crippen MR) is 116 cm³/mol. The van der Waals surface area contributed by atoms with Crippen LogP contribution in [-0.4, -0.2) is 39.1 Å². The number of amides is 2. The smallest absolute Gasteiger partial charge is 0.290 e. The van der Waals surface area contributed by atoms with Crippen molar-refractivity contribution in [2.24, 2.45) is 5.73 Å². The maximum Gasteiger partial charge on any atom is 0.290 e. The third kappa shape index (κ3) is 3.43. The number of carbonyl (C=O) groups is 2. The lowest BCUT2D eigenvalue weighted by Gasteiger charge is -2.21. The molecule has 2 N–H and O–H groups in total. The van der Waals surface area contributed by atoms with E-state index < -0.39 is 11.9 Å². The number of furan rings is 1. The van der Waals surface area contributed by atoms with Crippen molar-refractivity contribution in [1.29, 1.82) is 0 Å². The van der Waals surface area contributed by atoms with E-state index in [9.17, 15) is 9.59 Å². The van der Waals surface area contributed by atoms with Crippen LogP contribution < -0.4 is 5.73 Å². The summed E-state index contributed by atoms with van der Waals surface area (Å²) in [5.74, 6) is 0.330. The van der Waals surface area contributed by atoms with Crippen LogP contribution in [0.15, 0.2) is 34.9 Å². The lowest BCUT2D eigenvalue weighted by Crippen LogP contribution is -2.43. The molecule has 0 radical (unpaired) electrons. The number of nitrogens with two attached hydrogens (primary N) is 1. The van der Waals surface area contributed by atoms with E-state index in [0.717, 1.165) is 46.5 Å². The first kappa shape index (κ1) is 19.9. The van der Waals surface area contributed by atoms with Crippen molar-refractivity contribution in [3.63, 3.8) is 0 Å². The third-order valence-electron chi connectivity index (χ3n) is 6.21. The summed E-state index contributed by atoms with van der Waals surface area (Å²) >= 11 is 5.98. The molecular weight excluding hydrogens is 416 g/mol. The second-order valence-corrected chi connectivity index (χ2v) is 8.68. The van der Waals surface area contributed by atoms with Crippen LogP contribution in [-0.2, 0) is 24.2 Å². The number of benzene rings is 1. The van der Waals surface area contributed by atoms with Crippen LogP contribution >= 0.6 is 11.6 Å². The van der Waals surface area contributed by atoms with Gasteiger partial charge in [-0.1, -0.05) is 23.7 Å². The molecule has 1 fully saturated rings. The predicted octanol–water partition coefficient (Wildman–Crippen LogP) is 3.34. The average molecular weight is 439 g/mol. The van der Waals surface area contributed by atoms with E-state index in [-0.39, 0.29) is 5.91 Å². The molecule has 31 heavy (non-hydrogen) atoms. The van der Waals surface area contributed by atoms with Crippen LogP contribution in [0.1, 0.15) is 45.8 Å². The van der Waals surface area contributed by atoms with Crippen LogP contribution in [0.3, 0.4) is 0 Å². The number of nitrogens with zero attached hydrogens (tertiary/aromatic N) is 3. The zero-order valence-electron chi connectivity index (χ0n) is 17.2. The topological polar surface area (TPSA) is 94.4 Å². The van der Waals surface area contributed by atoms with Crippen molar-refractivity contribution in [1.82, 2.24) is 14.7 Å². The molecule has 160 valence electrons. The van der Waals surface area contributed by atoms with E-state index in [2.05, 4.69) is 6.20 Å². The Kier molecular flexibility index (Phi) is 4.85. The van der Waals surface area contributed by atoms with E-state index >= 15 is 0 Å². The zero-order valence-corrected chi connectivity index (χ0v) is 18.0. The minimum Gasteiger partial charge on any atom is -0.455 e. The second kappa shape index (κ2) is 7.57. The summed E-state index contributed by atoms with van der Waals surface area (Å²) < 4.78 is 7.95. The molecule has 7 nitrogen and oxygen atoms in total. The Labute approximate surface area is 184 Å². The molecule has 0 bridgehead atoms. The van der Waals surface area contributed by atoms with Gasteiger partial charge in [0.1, 0.15) is 11.8 Å². The first-order valence-electron chi connectivity index (χ1n) is 10.5. The number of primary amides is 1. The highest BCUT2D eigenvalue weighted by atomic mass is 35.5. The van der Waals surface area contributed by atoms with Crippen molar-refractivity contribution in [3.05, 3.63) is 63.7 Å². The van der Waals surface area contributed by atoms with Crippen LogP contribution in [0.5, 0.6) is 0 Å². The molecule has 0 unspecified atom stereocenters. The summed E-state index contributed by atoms with van der Waals surface area (Å²) in [7, 11) is 0.